The molecule has 2 aromatic carbocycles. The number of methoxy groups -OCH3 is 4. The first-order chi connectivity index (χ1) is 13.5. The fourth-order valence-corrected chi connectivity index (χ4v) is 2.67. The van der Waals surface area contributed by atoms with Gasteiger partial charge in [0.15, 0.2) is 23.0 Å². The molecule has 2 aromatic rings. The minimum Gasteiger partial charge on any atom is -0.502 e. The zero-order valence-electron chi connectivity index (χ0n) is 16.6. The van der Waals surface area contributed by atoms with Crippen molar-refractivity contribution in [3.63, 3.8) is 0 Å². The third kappa shape index (κ3) is 5.13. The van der Waals surface area contributed by atoms with E-state index in [2.05, 4.69) is 0 Å². The topological polar surface area (TPSA) is 77.4 Å². The Bertz CT molecular complexity index is 804. The Morgan fingerprint density at radius 3 is 1.61 bits per heavy atom. The normalized spacial score (nSPS) is 11.1. The molecule has 0 atom stereocenters. The first kappa shape index (κ1) is 21.0. The Morgan fingerprint density at radius 2 is 1.14 bits per heavy atom. The molecule has 0 saturated heterocycles. The summed E-state index contributed by atoms with van der Waals surface area (Å²) in [6.07, 6.45) is 9.42. The molecular weight excluding hydrogens is 360 g/mol. The van der Waals surface area contributed by atoms with Gasteiger partial charge in [0.05, 0.1) is 28.4 Å². The fourth-order valence-electron chi connectivity index (χ4n) is 2.67. The summed E-state index contributed by atoms with van der Waals surface area (Å²) in [4.78, 5) is 0. The average molecular weight is 386 g/mol. The highest BCUT2D eigenvalue weighted by molar-refractivity contribution is 5.61. The summed E-state index contributed by atoms with van der Waals surface area (Å²) in [5, 5.41) is 19.9. The van der Waals surface area contributed by atoms with Crippen LogP contribution in [0.2, 0.25) is 0 Å². The summed E-state index contributed by atoms with van der Waals surface area (Å²) in [6, 6.07) is 7.06. The maximum atomic E-state index is 9.94. The van der Waals surface area contributed by atoms with Crippen LogP contribution in [-0.4, -0.2) is 38.7 Å². The van der Waals surface area contributed by atoms with Crippen LogP contribution in [0.3, 0.4) is 0 Å². The maximum Gasteiger partial charge on any atom is 0.200 e. The quantitative estimate of drug-likeness (QED) is 0.625. The lowest BCUT2D eigenvalue weighted by molar-refractivity contribution is 0.339. The number of ether oxygens (including phenoxy) is 4. The van der Waals surface area contributed by atoms with E-state index in [-0.39, 0.29) is 11.5 Å². The SMILES string of the molecule is COc1cc(C=CC/C=C\Cc2cc(OC)c(O)c(OC)c2)cc(OC)c1O. The number of hydrogen-bond acceptors (Lipinski definition) is 6. The van der Waals surface area contributed by atoms with Crippen LogP contribution in [0.5, 0.6) is 34.5 Å². The van der Waals surface area contributed by atoms with Crippen molar-refractivity contribution in [2.45, 2.75) is 12.8 Å². The van der Waals surface area contributed by atoms with Gasteiger partial charge in [-0.15, -0.1) is 0 Å². The van der Waals surface area contributed by atoms with Gasteiger partial charge in [0.1, 0.15) is 0 Å². The molecule has 0 amide bonds. The molecule has 2 rings (SSSR count). The molecule has 0 unspecified atom stereocenters. The van der Waals surface area contributed by atoms with Crippen LogP contribution in [-0.2, 0) is 6.42 Å². The summed E-state index contributed by atoms with van der Waals surface area (Å²) in [6.45, 7) is 0. The Labute approximate surface area is 165 Å². The maximum absolute atomic E-state index is 9.94. The lowest BCUT2D eigenvalue weighted by Crippen LogP contribution is -1.92. The molecule has 6 heteroatoms. The molecule has 6 nitrogen and oxygen atoms in total. The molecule has 0 bridgehead atoms. The van der Waals surface area contributed by atoms with Crippen molar-refractivity contribution in [2.75, 3.05) is 28.4 Å². The summed E-state index contributed by atoms with van der Waals surface area (Å²) in [5.41, 5.74) is 1.84. The van der Waals surface area contributed by atoms with Crippen LogP contribution in [0.1, 0.15) is 17.5 Å². The summed E-state index contributed by atoms with van der Waals surface area (Å²) < 4.78 is 20.6. The zero-order chi connectivity index (χ0) is 20.5. The van der Waals surface area contributed by atoms with Gasteiger partial charge in [-0.1, -0.05) is 24.3 Å². The van der Waals surface area contributed by atoms with Crippen LogP contribution in [0.4, 0.5) is 0 Å². The van der Waals surface area contributed by atoms with E-state index in [1.165, 1.54) is 28.4 Å². The first-order valence-corrected chi connectivity index (χ1v) is 8.74. The predicted octanol–water partition coefficient (Wildman–Crippen LogP) is 4.33. The summed E-state index contributed by atoms with van der Waals surface area (Å²) in [7, 11) is 6.01. The second-order valence-corrected chi connectivity index (χ2v) is 5.94. The minimum absolute atomic E-state index is 0.000386. The Balaban J connectivity index is 1.99. The van der Waals surface area contributed by atoms with Crippen molar-refractivity contribution >= 4 is 6.08 Å². The van der Waals surface area contributed by atoms with E-state index in [4.69, 9.17) is 18.9 Å². The van der Waals surface area contributed by atoms with E-state index in [0.717, 1.165) is 17.5 Å². The zero-order valence-corrected chi connectivity index (χ0v) is 16.6. The molecule has 0 aliphatic carbocycles. The van der Waals surface area contributed by atoms with Gasteiger partial charge in [-0.25, -0.2) is 0 Å². The second-order valence-electron chi connectivity index (χ2n) is 5.94. The monoisotopic (exact) mass is 386 g/mol. The Kier molecular flexibility index (Phi) is 7.63. The van der Waals surface area contributed by atoms with Crippen molar-refractivity contribution in [1.82, 2.24) is 0 Å². The molecule has 0 radical (unpaired) electrons. The van der Waals surface area contributed by atoms with Crippen molar-refractivity contribution in [3.8, 4) is 34.5 Å². The van der Waals surface area contributed by atoms with E-state index in [1.807, 2.05) is 24.3 Å². The molecule has 0 fully saturated rings. The highest BCUT2D eigenvalue weighted by atomic mass is 16.5. The Hall–Kier alpha value is -3.28. The van der Waals surface area contributed by atoms with Crippen molar-refractivity contribution in [3.05, 3.63) is 53.6 Å². The van der Waals surface area contributed by atoms with Crippen molar-refractivity contribution in [1.29, 1.82) is 0 Å². The van der Waals surface area contributed by atoms with Crippen LogP contribution >= 0.6 is 0 Å². The fraction of sp³-hybridized carbons (Fsp3) is 0.273. The Morgan fingerprint density at radius 1 is 0.679 bits per heavy atom. The molecule has 0 aliphatic heterocycles. The average Bonchev–Trinajstić information content (AvgIpc) is 2.72. The summed E-state index contributed by atoms with van der Waals surface area (Å²) in [5.74, 6) is 1.49. The molecule has 0 heterocycles. The van der Waals surface area contributed by atoms with Gasteiger partial charge >= 0.3 is 0 Å². The van der Waals surface area contributed by atoms with Crippen LogP contribution in [0.25, 0.3) is 6.08 Å². The standard InChI is InChI=1S/C22H26O6/c1-25-17-11-15(12-18(26-2)21(17)23)9-7-5-6-8-10-16-13-19(27-3)22(24)20(14-16)28-4/h5,7-8,10-14,23-24H,6,9H2,1-4H3/b7-5-,10-8?. The van der Waals surface area contributed by atoms with Gasteiger partial charge in [-0.3, -0.25) is 0 Å². The minimum atomic E-state index is -0.0122. The second kappa shape index (κ2) is 10.2. The molecular formula is C22H26O6. The molecule has 28 heavy (non-hydrogen) atoms. The number of phenols is 2. The van der Waals surface area contributed by atoms with E-state index >= 15 is 0 Å². The van der Waals surface area contributed by atoms with Crippen LogP contribution in [0.15, 0.2) is 42.5 Å². The van der Waals surface area contributed by atoms with Gasteiger partial charge < -0.3 is 29.2 Å². The number of aromatic hydroxyl groups is 2. The smallest absolute Gasteiger partial charge is 0.200 e. The largest absolute Gasteiger partial charge is 0.502 e. The van der Waals surface area contributed by atoms with Gasteiger partial charge in [0, 0.05) is 0 Å². The van der Waals surface area contributed by atoms with E-state index in [1.54, 1.807) is 24.3 Å². The molecule has 0 saturated carbocycles. The van der Waals surface area contributed by atoms with Crippen molar-refractivity contribution in [2.24, 2.45) is 0 Å². The molecule has 0 aromatic heterocycles. The van der Waals surface area contributed by atoms with E-state index in [0.29, 0.717) is 29.4 Å². The molecule has 2 N–H and O–H groups in total. The number of hydrogen-bond donors (Lipinski definition) is 2. The van der Waals surface area contributed by atoms with Crippen LogP contribution in [0, 0.1) is 0 Å². The number of benzene rings is 2. The summed E-state index contributed by atoms with van der Waals surface area (Å²) >= 11 is 0. The number of allylic oxidation sites excluding steroid dienone is 3. The highest BCUT2D eigenvalue weighted by Gasteiger charge is 2.11. The third-order valence-electron chi connectivity index (χ3n) is 4.14. The van der Waals surface area contributed by atoms with Gasteiger partial charge in [-0.05, 0) is 48.2 Å². The highest BCUT2D eigenvalue weighted by Crippen LogP contribution is 2.38. The molecule has 150 valence electrons. The molecule has 0 spiro atoms. The van der Waals surface area contributed by atoms with Gasteiger partial charge in [0.25, 0.3) is 0 Å². The van der Waals surface area contributed by atoms with E-state index in [9.17, 15) is 10.2 Å². The number of rotatable bonds is 9. The van der Waals surface area contributed by atoms with Crippen LogP contribution < -0.4 is 18.9 Å². The van der Waals surface area contributed by atoms with Gasteiger partial charge in [0.2, 0.25) is 11.5 Å². The number of phenolic OH excluding ortho intramolecular Hbond substituents is 2. The molecule has 0 aliphatic rings. The van der Waals surface area contributed by atoms with Crippen molar-refractivity contribution < 1.29 is 29.2 Å². The predicted molar refractivity (Wildman–Crippen MR) is 109 cm³/mol. The van der Waals surface area contributed by atoms with Gasteiger partial charge in [-0.2, -0.15) is 0 Å². The first-order valence-electron chi connectivity index (χ1n) is 8.74. The third-order valence-corrected chi connectivity index (χ3v) is 4.14. The lowest BCUT2D eigenvalue weighted by Gasteiger charge is -2.10. The lowest BCUT2D eigenvalue weighted by atomic mass is 10.1. The van der Waals surface area contributed by atoms with E-state index < -0.39 is 0 Å².